The van der Waals surface area contributed by atoms with E-state index in [2.05, 4.69) is 5.43 Å². The maximum atomic E-state index is 12.9. The van der Waals surface area contributed by atoms with Gasteiger partial charge in [-0.05, 0) is 36.4 Å². The SMILES string of the molecule is COc1cc(OC)cc(C(=O)NN2CC(C(=O)OCC(=O)c3ccc(F)cc3)CC2=O)c1. The molecule has 10 heteroatoms. The Bertz CT molecular complexity index is 1020. The fraction of sp³-hybridized carbons (Fsp3) is 0.273. The molecule has 0 radical (unpaired) electrons. The van der Waals surface area contributed by atoms with Gasteiger partial charge in [-0.25, -0.2) is 4.39 Å². The van der Waals surface area contributed by atoms with E-state index in [9.17, 15) is 23.6 Å². The summed E-state index contributed by atoms with van der Waals surface area (Å²) in [7, 11) is 2.88. The lowest BCUT2D eigenvalue weighted by Crippen LogP contribution is -2.43. The second-order valence-electron chi connectivity index (χ2n) is 6.99. The van der Waals surface area contributed by atoms with Gasteiger partial charge in [0.05, 0.1) is 26.7 Å². The van der Waals surface area contributed by atoms with Crippen LogP contribution in [0.2, 0.25) is 0 Å². The first kappa shape index (κ1) is 22.7. The molecule has 0 spiro atoms. The average Bonchev–Trinajstić information content (AvgIpc) is 3.17. The molecule has 168 valence electrons. The number of halogens is 1. The Morgan fingerprint density at radius 2 is 1.66 bits per heavy atom. The fourth-order valence-corrected chi connectivity index (χ4v) is 3.07. The molecule has 2 aromatic rings. The summed E-state index contributed by atoms with van der Waals surface area (Å²) >= 11 is 0. The van der Waals surface area contributed by atoms with E-state index in [0.717, 1.165) is 17.1 Å². The zero-order valence-electron chi connectivity index (χ0n) is 17.4. The molecule has 1 fully saturated rings. The van der Waals surface area contributed by atoms with Gasteiger partial charge in [0.2, 0.25) is 5.91 Å². The molecule has 1 N–H and O–H groups in total. The molecule has 1 heterocycles. The van der Waals surface area contributed by atoms with Crippen LogP contribution < -0.4 is 14.9 Å². The highest BCUT2D eigenvalue weighted by Crippen LogP contribution is 2.23. The fourth-order valence-electron chi connectivity index (χ4n) is 3.07. The first-order valence-corrected chi connectivity index (χ1v) is 9.60. The Hall–Kier alpha value is -3.95. The number of rotatable bonds is 8. The molecule has 1 saturated heterocycles. The third kappa shape index (κ3) is 5.39. The van der Waals surface area contributed by atoms with E-state index in [1.807, 2.05) is 0 Å². The number of ketones is 1. The van der Waals surface area contributed by atoms with Crippen LogP contribution in [0.15, 0.2) is 42.5 Å². The van der Waals surface area contributed by atoms with Crippen molar-refractivity contribution in [2.75, 3.05) is 27.4 Å². The standard InChI is InChI=1S/C22H21FN2O7/c1-30-17-7-14(8-18(10-17)31-2)21(28)24-25-11-15(9-20(25)27)22(29)32-12-19(26)13-3-5-16(23)6-4-13/h3-8,10,15H,9,11-12H2,1-2H3,(H,24,28). The van der Waals surface area contributed by atoms with Gasteiger partial charge in [0, 0.05) is 23.6 Å². The summed E-state index contributed by atoms with van der Waals surface area (Å²) in [5, 5.41) is 1.03. The van der Waals surface area contributed by atoms with Crippen LogP contribution in [-0.4, -0.2) is 55.9 Å². The third-order valence-electron chi connectivity index (χ3n) is 4.82. The number of methoxy groups -OCH3 is 2. The third-order valence-corrected chi connectivity index (χ3v) is 4.82. The number of carbonyl (C=O) groups excluding carboxylic acids is 4. The van der Waals surface area contributed by atoms with Crippen molar-refractivity contribution in [3.63, 3.8) is 0 Å². The number of nitrogens with one attached hydrogen (secondary N) is 1. The van der Waals surface area contributed by atoms with E-state index in [1.54, 1.807) is 6.07 Å². The summed E-state index contributed by atoms with van der Waals surface area (Å²) in [5.41, 5.74) is 2.85. The van der Waals surface area contributed by atoms with Crippen LogP contribution in [0.1, 0.15) is 27.1 Å². The number of amides is 2. The second-order valence-corrected chi connectivity index (χ2v) is 6.99. The molecule has 0 aromatic heterocycles. The summed E-state index contributed by atoms with van der Waals surface area (Å²) in [5.74, 6) is -2.84. The van der Waals surface area contributed by atoms with Gasteiger partial charge in [-0.3, -0.25) is 29.6 Å². The van der Waals surface area contributed by atoms with Crippen LogP contribution in [0.25, 0.3) is 0 Å². The minimum atomic E-state index is -0.844. The molecule has 1 unspecified atom stereocenters. The Balaban J connectivity index is 1.56. The first-order chi connectivity index (χ1) is 15.3. The van der Waals surface area contributed by atoms with E-state index in [1.165, 1.54) is 38.5 Å². The van der Waals surface area contributed by atoms with Crippen molar-refractivity contribution in [3.05, 3.63) is 59.4 Å². The summed E-state index contributed by atoms with van der Waals surface area (Å²) < 4.78 is 28.2. The molecule has 2 aromatic carbocycles. The van der Waals surface area contributed by atoms with Crippen LogP contribution in [0.5, 0.6) is 11.5 Å². The Kier molecular flexibility index (Phi) is 7.04. The molecule has 2 amide bonds. The lowest BCUT2D eigenvalue weighted by atomic mass is 10.1. The Morgan fingerprint density at radius 3 is 2.25 bits per heavy atom. The minimum absolute atomic E-state index is 0.102. The van der Waals surface area contributed by atoms with Crippen LogP contribution in [0.4, 0.5) is 4.39 Å². The zero-order valence-corrected chi connectivity index (χ0v) is 17.4. The maximum Gasteiger partial charge on any atom is 0.311 e. The highest BCUT2D eigenvalue weighted by atomic mass is 19.1. The topological polar surface area (TPSA) is 111 Å². The predicted molar refractivity (Wildman–Crippen MR) is 109 cm³/mol. The predicted octanol–water partition coefficient (Wildman–Crippen LogP) is 1.76. The first-order valence-electron chi connectivity index (χ1n) is 9.60. The van der Waals surface area contributed by atoms with Gasteiger partial charge in [0.1, 0.15) is 17.3 Å². The number of hydrogen-bond donors (Lipinski definition) is 1. The quantitative estimate of drug-likeness (QED) is 0.488. The summed E-state index contributed by atoms with van der Waals surface area (Å²) in [4.78, 5) is 49.1. The highest BCUT2D eigenvalue weighted by Gasteiger charge is 2.36. The number of benzene rings is 2. The molecule has 1 atom stereocenters. The van der Waals surface area contributed by atoms with Gasteiger partial charge in [-0.2, -0.15) is 0 Å². The van der Waals surface area contributed by atoms with Gasteiger partial charge in [-0.1, -0.05) is 0 Å². The molecule has 32 heavy (non-hydrogen) atoms. The number of Topliss-reactive ketones (excluding diaryl/α,β-unsaturated/α-hetero) is 1. The lowest BCUT2D eigenvalue weighted by Gasteiger charge is -2.18. The van der Waals surface area contributed by atoms with Crippen molar-refractivity contribution in [2.24, 2.45) is 5.92 Å². The molecular weight excluding hydrogens is 423 g/mol. The van der Waals surface area contributed by atoms with Crippen molar-refractivity contribution in [3.8, 4) is 11.5 Å². The van der Waals surface area contributed by atoms with Crippen LogP contribution in [0, 0.1) is 11.7 Å². The number of ether oxygens (including phenoxy) is 3. The molecule has 1 aliphatic heterocycles. The normalized spacial score (nSPS) is 15.3. The van der Waals surface area contributed by atoms with E-state index >= 15 is 0 Å². The van der Waals surface area contributed by atoms with Crippen LogP contribution >= 0.6 is 0 Å². The molecule has 1 aliphatic rings. The van der Waals surface area contributed by atoms with Crippen molar-refractivity contribution >= 4 is 23.6 Å². The summed E-state index contributed by atoms with van der Waals surface area (Å²) in [6.45, 7) is -0.639. The summed E-state index contributed by atoms with van der Waals surface area (Å²) in [6, 6.07) is 9.38. The molecule has 0 saturated carbocycles. The average molecular weight is 444 g/mol. The van der Waals surface area contributed by atoms with Gasteiger partial charge < -0.3 is 14.2 Å². The molecule has 3 rings (SSSR count). The number of nitrogens with zero attached hydrogens (tertiary/aromatic N) is 1. The maximum absolute atomic E-state index is 12.9. The number of hydrazine groups is 1. The molecule has 9 nitrogen and oxygen atoms in total. The van der Waals surface area contributed by atoms with Crippen molar-refractivity contribution < 1.29 is 37.8 Å². The lowest BCUT2D eigenvalue weighted by molar-refractivity contribution is -0.147. The van der Waals surface area contributed by atoms with Crippen LogP contribution in [0.3, 0.4) is 0 Å². The van der Waals surface area contributed by atoms with Gasteiger partial charge in [0.25, 0.3) is 5.91 Å². The smallest absolute Gasteiger partial charge is 0.311 e. The summed E-state index contributed by atoms with van der Waals surface area (Å²) in [6.07, 6.45) is -0.175. The van der Waals surface area contributed by atoms with Crippen LogP contribution in [-0.2, 0) is 14.3 Å². The van der Waals surface area contributed by atoms with E-state index in [4.69, 9.17) is 14.2 Å². The molecule has 0 aliphatic carbocycles. The van der Waals surface area contributed by atoms with Gasteiger partial charge in [0.15, 0.2) is 12.4 Å². The van der Waals surface area contributed by atoms with E-state index < -0.39 is 41.9 Å². The van der Waals surface area contributed by atoms with E-state index in [-0.39, 0.29) is 24.1 Å². The molecular formula is C22H21FN2O7. The number of esters is 1. The number of hydrogen-bond acceptors (Lipinski definition) is 7. The van der Waals surface area contributed by atoms with Crippen molar-refractivity contribution in [2.45, 2.75) is 6.42 Å². The highest BCUT2D eigenvalue weighted by molar-refractivity contribution is 5.99. The van der Waals surface area contributed by atoms with Gasteiger partial charge >= 0.3 is 5.97 Å². The monoisotopic (exact) mass is 444 g/mol. The largest absolute Gasteiger partial charge is 0.497 e. The Morgan fingerprint density at radius 1 is 1.03 bits per heavy atom. The zero-order chi connectivity index (χ0) is 23.3. The van der Waals surface area contributed by atoms with Gasteiger partial charge in [-0.15, -0.1) is 0 Å². The number of carbonyl (C=O) groups is 4. The Labute approximate surface area is 183 Å². The van der Waals surface area contributed by atoms with Crippen molar-refractivity contribution in [1.82, 2.24) is 10.4 Å². The minimum Gasteiger partial charge on any atom is -0.497 e. The molecule has 0 bridgehead atoms. The second kappa shape index (κ2) is 9.90. The van der Waals surface area contributed by atoms with E-state index in [0.29, 0.717) is 11.5 Å². The van der Waals surface area contributed by atoms with Crippen molar-refractivity contribution in [1.29, 1.82) is 0 Å².